The molecule has 0 aliphatic heterocycles. The molecule has 3 nitrogen and oxygen atoms in total. The van der Waals surface area contributed by atoms with Crippen molar-refractivity contribution in [3.05, 3.63) is 200 Å². The van der Waals surface area contributed by atoms with Crippen LogP contribution in [0, 0.1) is 0 Å². The molecular weight excluding hydrogens is 671 g/mol. The summed E-state index contributed by atoms with van der Waals surface area (Å²) in [6.07, 6.45) is 0. The van der Waals surface area contributed by atoms with Crippen molar-refractivity contribution >= 4 is 71.7 Å². The van der Waals surface area contributed by atoms with E-state index in [-0.39, 0.29) is 0 Å². The van der Waals surface area contributed by atoms with Gasteiger partial charge in [0.2, 0.25) is 0 Å². The Balaban J connectivity index is 1.20. The normalized spacial score (nSPS) is 11.6. The Morgan fingerprint density at radius 3 is 1.62 bits per heavy atom. The zero-order chi connectivity index (χ0) is 36.3. The van der Waals surface area contributed by atoms with Gasteiger partial charge in [0.15, 0.2) is 0 Å². The molecule has 11 aromatic rings. The molecule has 0 amide bonds. The summed E-state index contributed by atoms with van der Waals surface area (Å²) in [7, 11) is 0. The van der Waals surface area contributed by atoms with Crippen LogP contribution in [0.5, 0.6) is 0 Å². The van der Waals surface area contributed by atoms with E-state index in [0.29, 0.717) is 0 Å². The van der Waals surface area contributed by atoms with Crippen molar-refractivity contribution in [3.63, 3.8) is 0 Å². The lowest BCUT2D eigenvalue weighted by Crippen LogP contribution is -2.12. The molecule has 258 valence electrons. The van der Waals surface area contributed by atoms with Crippen molar-refractivity contribution in [1.29, 1.82) is 0 Å². The highest BCUT2D eigenvalue weighted by molar-refractivity contribution is 6.13. The van der Waals surface area contributed by atoms with Crippen LogP contribution < -0.4 is 4.90 Å². The third-order valence-electron chi connectivity index (χ3n) is 10.9. The predicted octanol–water partition coefficient (Wildman–Crippen LogP) is 15.1. The highest BCUT2D eigenvalue weighted by Gasteiger charge is 2.24. The first-order chi connectivity index (χ1) is 27.3. The van der Waals surface area contributed by atoms with Gasteiger partial charge < -0.3 is 13.7 Å². The second kappa shape index (κ2) is 12.6. The average Bonchev–Trinajstić information content (AvgIpc) is 3.82. The zero-order valence-corrected chi connectivity index (χ0v) is 29.8. The second-order valence-electron chi connectivity index (χ2n) is 14.0. The monoisotopic (exact) mass is 703 g/mol. The Morgan fingerprint density at radius 1 is 0.327 bits per heavy atom. The molecule has 0 N–H and O–H groups in total. The van der Waals surface area contributed by atoms with Gasteiger partial charge in [0.1, 0.15) is 22.3 Å². The van der Waals surface area contributed by atoms with Gasteiger partial charge in [-0.25, -0.2) is 0 Å². The highest BCUT2D eigenvalue weighted by Crippen LogP contribution is 2.49. The van der Waals surface area contributed by atoms with E-state index in [0.717, 1.165) is 77.6 Å². The van der Waals surface area contributed by atoms with Crippen molar-refractivity contribution in [3.8, 4) is 33.4 Å². The van der Waals surface area contributed by atoms with Crippen LogP contribution in [0.25, 0.3) is 88.0 Å². The number of benzene rings is 9. The second-order valence-corrected chi connectivity index (χ2v) is 14.0. The molecule has 0 saturated carbocycles. The highest BCUT2D eigenvalue weighted by atomic mass is 16.3. The molecule has 0 radical (unpaired) electrons. The largest absolute Gasteiger partial charge is 0.456 e. The Kier molecular flexibility index (Phi) is 7.17. The number of para-hydroxylation sites is 5. The molecular formula is C52H33NO2. The van der Waals surface area contributed by atoms with Crippen LogP contribution in [0.15, 0.2) is 209 Å². The first-order valence-corrected chi connectivity index (χ1v) is 18.7. The van der Waals surface area contributed by atoms with Crippen LogP contribution in [0.1, 0.15) is 0 Å². The molecule has 0 saturated heterocycles. The van der Waals surface area contributed by atoms with E-state index < -0.39 is 0 Å². The van der Waals surface area contributed by atoms with Gasteiger partial charge in [0, 0.05) is 50.0 Å². The topological polar surface area (TPSA) is 29.5 Å². The molecule has 0 spiro atoms. The fourth-order valence-electron chi connectivity index (χ4n) is 8.44. The number of hydrogen-bond acceptors (Lipinski definition) is 3. The van der Waals surface area contributed by atoms with E-state index in [4.69, 9.17) is 8.83 Å². The summed E-state index contributed by atoms with van der Waals surface area (Å²) in [4.78, 5) is 2.39. The number of rotatable bonds is 6. The molecule has 0 bridgehead atoms. The van der Waals surface area contributed by atoms with Gasteiger partial charge in [0.05, 0.1) is 11.4 Å². The molecule has 11 rings (SSSR count). The molecule has 55 heavy (non-hydrogen) atoms. The van der Waals surface area contributed by atoms with Crippen LogP contribution in [-0.2, 0) is 0 Å². The standard InChI is InChI=1S/C52H33NO2/c1-2-15-34(16-3-1)37-23-12-17-35-18-13-24-43(51(35)37)38-19-4-8-27-46(38)53(36-31-32-42-40-21-6-10-29-48(40)54-50(42)33-36)47-28-9-5-20-39(47)44-25-14-26-45-41-22-7-11-30-49(41)55-52(44)45/h1-33H. The summed E-state index contributed by atoms with van der Waals surface area (Å²) < 4.78 is 13.2. The first kappa shape index (κ1) is 31.2. The molecule has 0 atom stereocenters. The maximum absolute atomic E-state index is 6.64. The molecule has 3 heteroatoms. The van der Waals surface area contributed by atoms with Crippen molar-refractivity contribution < 1.29 is 8.83 Å². The van der Waals surface area contributed by atoms with Crippen LogP contribution in [-0.4, -0.2) is 0 Å². The third-order valence-corrected chi connectivity index (χ3v) is 10.9. The summed E-state index contributed by atoms with van der Waals surface area (Å²) in [5, 5.41) is 6.83. The van der Waals surface area contributed by atoms with Crippen LogP contribution >= 0.6 is 0 Å². The maximum atomic E-state index is 6.64. The van der Waals surface area contributed by atoms with Gasteiger partial charge in [-0.1, -0.05) is 158 Å². The van der Waals surface area contributed by atoms with E-state index in [9.17, 15) is 0 Å². The van der Waals surface area contributed by atoms with E-state index in [1.165, 1.54) is 27.5 Å². The van der Waals surface area contributed by atoms with Gasteiger partial charge in [-0.15, -0.1) is 0 Å². The summed E-state index contributed by atoms with van der Waals surface area (Å²) in [6.45, 7) is 0. The average molecular weight is 704 g/mol. The number of fused-ring (bicyclic) bond motifs is 7. The first-order valence-electron chi connectivity index (χ1n) is 18.7. The van der Waals surface area contributed by atoms with Crippen molar-refractivity contribution in [2.24, 2.45) is 0 Å². The fraction of sp³-hybridized carbons (Fsp3) is 0. The number of hydrogen-bond donors (Lipinski definition) is 0. The van der Waals surface area contributed by atoms with Crippen molar-refractivity contribution in [1.82, 2.24) is 0 Å². The molecule has 0 fully saturated rings. The van der Waals surface area contributed by atoms with Crippen LogP contribution in [0.3, 0.4) is 0 Å². The number of anilines is 3. The lowest BCUT2D eigenvalue weighted by Gasteiger charge is -2.30. The Hall–Kier alpha value is -7.36. The van der Waals surface area contributed by atoms with Crippen molar-refractivity contribution in [2.75, 3.05) is 4.90 Å². The number of furan rings is 2. The van der Waals surface area contributed by atoms with E-state index in [2.05, 4.69) is 181 Å². The molecule has 2 aromatic heterocycles. The Labute approximate surface area is 317 Å². The zero-order valence-electron chi connectivity index (χ0n) is 29.8. The lowest BCUT2D eigenvalue weighted by atomic mass is 9.90. The van der Waals surface area contributed by atoms with E-state index >= 15 is 0 Å². The fourth-order valence-corrected chi connectivity index (χ4v) is 8.44. The summed E-state index contributed by atoms with van der Waals surface area (Å²) in [6, 6.07) is 71.0. The van der Waals surface area contributed by atoms with Gasteiger partial charge in [-0.3, -0.25) is 0 Å². The predicted molar refractivity (Wildman–Crippen MR) is 229 cm³/mol. The van der Waals surface area contributed by atoms with E-state index in [1.54, 1.807) is 0 Å². The molecule has 0 aliphatic carbocycles. The van der Waals surface area contributed by atoms with Gasteiger partial charge >= 0.3 is 0 Å². The summed E-state index contributed by atoms with van der Waals surface area (Å²) in [5.41, 5.74) is 13.3. The lowest BCUT2D eigenvalue weighted by molar-refractivity contribution is 0.669. The van der Waals surface area contributed by atoms with Gasteiger partial charge in [0.25, 0.3) is 0 Å². The van der Waals surface area contributed by atoms with Gasteiger partial charge in [-0.05, 0) is 63.9 Å². The van der Waals surface area contributed by atoms with Crippen LogP contribution in [0.2, 0.25) is 0 Å². The van der Waals surface area contributed by atoms with E-state index in [1.807, 2.05) is 24.3 Å². The summed E-state index contributed by atoms with van der Waals surface area (Å²) in [5.74, 6) is 0. The Bertz CT molecular complexity index is 3220. The Morgan fingerprint density at radius 2 is 0.855 bits per heavy atom. The molecule has 2 heterocycles. The quantitative estimate of drug-likeness (QED) is 0.173. The number of nitrogens with zero attached hydrogens (tertiary/aromatic N) is 1. The smallest absolute Gasteiger partial charge is 0.143 e. The summed E-state index contributed by atoms with van der Waals surface area (Å²) >= 11 is 0. The van der Waals surface area contributed by atoms with Crippen LogP contribution in [0.4, 0.5) is 17.1 Å². The maximum Gasteiger partial charge on any atom is 0.143 e. The third kappa shape index (κ3) is 5.05. The minimum atomic E-state index is 0.842. The molecule has 0 unspecified atom stereocenters. The SMILES string of the molecule is c1ccc(-c2cccc3cccc(-c4ccccc4N(c4ccc5c(c4)oc4ccccc45)c4ccccc4-c4cccc5c4oc4ccccc45)c23)cc1. The molecule has 9 aromatic carbocycles. The molecule has 0 aliphatic rings. The minimum Gasteiger partial charge on any atom is -0.456 e. The minimum absolute atomic E-state index is 0.842. The van der Waals surface area contributed by atoms with Crippen molar-refractivity contribution in [2.45, 2.75) is 0 Å². The van der Waals surface area contributed by atoms with Gasteiger partial charge in [-0.2, -0.15) is 0 Å².